The van der Waals surface area contributed by atoms with Gasteiger partial charge in [0.1, 0.15) is 11.5 Å². The number of carbonyl (C=O) groups is 1. The van der Waals surface area contributed by atoms with Gasteiger partial charge in [0.15, 0.2) is 0 Å². The van der Waals surface area contributed by atoms with Crippen molar-refractivity contribution in [3.05, 3.63) is 34.9 Å². The van der Waals surface area contributed by atoms with Gasteiger partial charge in [-0.3, -0.25) is 4.79 Å². The Bertz CT molecular complexity index is 986. The molecule has 2 N–H and O–H groups in total. The highest BCUT2D eigenvalue weighted by molar-refractivity contribution is 6.07. The topological polar surface area (TPSA) is 98.4 Å². The lowest BCUT2D eigenvalue weighted by Crippen LogP contribution is -2.42. The zero-order chi connectivity index (χ0) is 18.4. The van der Waals surface area contributed by atoms with Crippen molar-refractivity contribution in [2.45, 2.75) is 39.7 Å². The molecule has 8 heteroatoms. The lowest BCUT2D eigenvalue weighted by Gasteiger charge is -2.30. The van der Waals surface area contributed by atoms with Crippen LogP contribution in [0.2, 0.25) is 0 Å². The highest BCUT2D eigenvalue weighted by atomic mass is 35.5. The Labute approximate surface area is 163 Å². The molecule has 0 aromatic carbocycles. The summed E-state index contributed by atoms with van der Waals surface area (Å²) in [5.74, 6) is 1.52. The van der Waals surface area contributed by atoms with Crippen LogP contribution in [0.5, 0.6) is 0 Å². The van der Waals surface area contributed by atoms with Crippen LogP contribution in [0.25, 0.3) is 22.4 Å². The number of aromatic nitrogens is 2. The number of nitrogens with two attached hydrogens (primary N) is 1. The number of fused-ring (bicyclic) bond motifs is 1. The second kappa shape index (κ2) is 7.32. The van der Waals surface area contributed by atoms with E-state index in [1.165, 1.54) is 0 Å². The summed E-state index contributed by atoms with van der Waals surface area (Å²) < 4.78 is 11.0. The van der Waals surface area contributed by atoms with Gasteiger partial charge in [0.2, 0.25) is 0 Å². The van der Waals surface area contributed by atoms with Gasteiger partial charge in [-0.2, -0.15) is 0 Å². The third-order valence-corrected chi connectivity index (χ3v) is 4.99. The Kier molecular flexibility index (Phi) is 5.26. The molecule has 4 heterocycles. The van der Waals surface area contributed by atoms with Crippen molar-refractivity contribution in [1.29, 1.82) is 0 Å². The number of pyridine rings is 1. The Balaban J connectivity index is 0.00000210. The molecule has 0 saturated carbocycles. The van der Waals surface area contributed by atoms with Gasteiger partial charge in [-0.05, 0) is 45.7 Å². The number of furan rings is 1. The maximum atomic E-state index is 13.2. The molecule has 4 rings (SSSR count). The van der Waals surface area contributed by atoms with Gasteiger partial charge in [0.05, 0.1) is 22.3 Å². The predicted octanol–water partition coefficient (Wildman–Crippen LogP) is 3.39. The normalized spacial score (nSPS) is 15.2. The molecule has 144 valence electrons. The zero-order valence-corrected chi connectivity index (χ0v) is 16.4. The summed E-state index contributed by atoms with van der Waals surface area (Å²) in [5.41, 5.74) is 9.08. The van der Waals surface area contributed by atoms with Gasteiger partial charge in [-0.15, -0.1) is 12.4 Å². The molecule has 1 fully saturated rings. The number of aryl methyl sites for hydroxylation is 3. The molecule has 0 unspecified atom stereocenters. The monoisotopic (exact) mass is 390 g/mol. The van der Waals surface area contributed by atoms with E-state index in [1.807, 2.05) is 37.8 Å². The van der Waals surface area contributed by atoms with Crippen LogP contribution in [-0.4, -0.2) is 40.1 Å². The number of piperidine rings is 1. The fraction of sp³-hybridized carbons (Fsp3) is 0.421. The average Bonchev–Trinajstić information content (AvgIpc) is 3.16. The first-order chi connectivity index (χ1) is 12.4. The first-order valence-electron chi connectivity index (χ1n) is 8.83. The predicted molar refractivity (Wildman–Crippen MR) is 104 cm³/mol. The molecule has 0 spiro atoms. The van der Waals surface area contributed by atoms with Gasteiger partial charge in [0.25, 0.3) is 11.6 Å². The Morgan fingerprint density at radius 3 is 2.56 bits per heavy atom. The summed E-state index contributed by atoms with van der Waals surface area (Å²) in [6.07, 6.45) is 1.63. The smallest absolute Gasteiger partial charge is 0.259 e. The lowest BCUT2D eigenvalue weighted by molar-refractivity contribution is 0.0716. The van der Waals surface area contributed by atoms with Gasteiger partial charge in [-0.25, -0.2) is 4.98 Å². The van der Waals surface area contributed by atoms with Crippen LogP contribution in [0, 0.1) is 20.8 Å². The Morgan fingerprint density at radius 1 is 1.22 bits per heavy atom. The molecule has 1 aliphatic rings. The molecule has 0 aliphatic carbocycles. The Morgan fingerprint density at radius 2 is 1.93 bits per heavy atom. The van der Waals surface area contributed by atoms with Gasteiger partial charge in [0, 0.05) is 24.7 Å². The van der Waals surface area contributed by atoms with E-state index in [9.17, 15) is 4.79 Å². The van der Waals surface area contributed by atoms with Crippen molar-refractivity contribution in [2.75, 3.05) is 13.1 Å². The summed E-state index contributed by atoms with van der Waals surface area (Å²) in [6.45, 7) is 6.91. The number of amides is 1. The molecular formula is C19H23ClN4O3. The van der Waals surface area contributed by atoms with Crippen molar-refractivity contribution >= 4 is 29.4 Å². The molecule has 3 aromatic rings. The fourth-order valence-corrected chi connectivity index (χ4v) is 3.56. The van der Waals surface area contributed by atoms with Crippen molar-refractivity contribution in [1.82, 2.24) is 15.0 Å². The van der Waals surface area contributed by atoms with Crippen LogP contribution in [0.15, 0.2) is 21.1 Å². The second-order valence-corrected chi connectivity index (χ2v) is 6.96. The number of carbonyl (C=O) groups excluding carboxylic acids is 1. The number of likely N-dealkylation sites (tertiary alicyclic amines) is 1. The zero-order valence-electron chi connectivity index (χ0n) is 15.6. The fourth-order valence-electron chi connectivity index (χ4n) is 3.56. The first-order valence-corrected chi connectivity index (χ1v) is 8.83. The van der Waals surface area contributed by atoms with Crippen molar-refractivity contribution < 1.29 is 13.7 Å². The molecule has 1 aliphatic heterocycles. The van der Waals surface area contributed by atoms with E-state index in [0.717, 1.165) is 29.9 Å². The quantitative estimate of drug-likeness (QED) is 0.720. The van der Waals surface area contributed by atoms with Crippen LogP contribution in [0.1, 0.15) is 40.4 Å². The summed E-state index contributed by atoms with van der Waals surface area (Å²) in [7, 11) is 0. The van der Waals surface area contributed by atoms with Crippen LogP contribution in [0.4, 0.5) is 0 Å². The van der Waals surface area contributed by atoms with Crippen LogP contribution in [0.3, 0.4) is 0 Å². The van der Waals surface area contributed by atoms with E-state index in [2.05, 4.69) is 10.1 Å². The molecular weight excluding hydrogens is 368 g/mol. The molecule has 0 radical (unpaired) electrons. The van der Waals surface area contributed by atoms with Crippen LogP contribution in [-0.2, 0) is 0 Å². The number of rotatable bonds is 2. The minimum Gasteiger partial charge on any atom is -0.466 e. The average molecular weight is 391 g/mol. The highest BCUT2D eigenvalue weighted by Gasteiger charge is 2.26. The minimum absolute atomic E-state index is 0. The standard InChI is InChI=1S/C19H22N4O3.ClH/c1-10-8-14(12(3)25-10)16-9-15(17-11(2)22-26-18(17)21-16)19(24)23-6-4-13(20)5-7-23;/h8-9,13H,4-7,20H2,1-3H3;1H. The summed E-state index contributed by atoms with van der Waals surface area (Å²) in [6, 6.07) is 3.91. The molecule has 0 atom stereocenters. The van der Waals surface area contributed by atoms with Crippen LogP contribution < -0.4 is 5.73 Å². The van der Waals surface area contributed by atoms with Crippen LogP contribution >= 0.6 is 12.4 Å². The summed E-state index contributed by atoms with van der Waals surface area (Å²) >= 11 is 0. The van der Waals surface area contributed by atoms with Crippen molar-refractivity contribution in [2.24, 2.45) is 5.73 Å². The second-order valence-electron chi connectivity index (χ2n) is 6.96. The molecule has 0 bridgehead atoms. The van der Waals surface area contributed by atoms with Gasteiger partial charge < -0.3 is 19.6 Å². The number of halogens is 1. The van der Waals surface area contributed by atoms with E-state index in [-0.39, 0.29) is 24.4 Å². The number of nitrogens with zero attached hydrogens (tertiary/aromatic N) is 3. The summed E-state index contributed by atoms with van der Waals surface area (Å²) in [4.78, 5) is 19.6. The maximum Gasteiger partial charge on any atom is 0.259 e. The molecule has 3 aromatic heterocycles. The third-order valence-electron chi connectivity index (χ3n) is 4.99. The van der Waals surface area contributed by atoms with E-state index in [0.29, 0.717) is 41.1 Å². The van der Waals surface area contributed by atoms with Crippen molar-refractivity contribution in [3.63, 3.8) is 0 Å². The molecule has 27 heavy (non-hydrogen) atoms. The van der Waals surface area contributed by atoms with Gasteiger partial charge in [-0.1, -0.05) is 5.16 Å². The SMILES string of the molecule is Cc1cc(-c2cc(C(=O)N3CCC(N)CC3)c3c(C)noc3n2)c(C)o1.Cl. The molecule has 1 saturated heterocycles. The van der Waals surface area contributed by atoms with E-state index >= 15 is 0 Å². The minimum atomic E-state index is -0.0327. The maximum absolute atomic E-state index is 13.2. The third kappa shape index (κ3) is 3.44. The highest BCUT2D eigenvalue weighted by Crippen LogP contribution is 2.31. The van der Waals surface area contributed by atoms with Crippen molar-refractivity contribution in [3.8, 4) is 11.3 Å². The van der Waals surface area contributed by atoms with E-state index in [4.69, 9.17) is 14.7 Å². The van der Waals surface area contributed by atoms with Gasteiger partial charge >= 0.3 is 0 Å². The van der Waals surface area contributed by atoms with E-state index < -0.39 is 0 Å². The lowest BCUT2D eigenvalue weighted by atomic mass is 10.0. The number of hydrogen-bond donors (Lipinski definition) is 1. The Hall–Kier alpha value is -2.38. The first kappa shape index (κ1) is 19.4. The molecule has 7 nitrogen and oxygen atoms in total. The molecule has 1 amide bonds. The largest absolute Gasteiger partial charge is 0.466 e. The summed E-state index contributed by atoms with van der Waals surface area (Å²) in [5, 5.41) is 4.68. The van der Waals surface area contributed by atoms with E-state index in [1.54, 1.807) is 0 Å². The number of hydrogen-bond acceptors (Lipinski definition) is 6.